The summed E-state index contributed by atoms with van der Waals surface area (Å²) in [5, 5.41) is 0.966. The number of rotatable bonds is 6. The lowest BCUT2D eigenvalue weighted by atomic mass is 9.95. The van der Waals surface area contributed by atoms with Gasteiger partial charge in [0, 0.05) is 29.9 Å². The Kier molecular flexibility index (Phi) is 6.64. The molecular weight excluding hydrogens is 472 g/mol. The van der Waals surface area contributed by atoms with Gasteiger partial charge in [0.2, 0.25) is 5.91 Å². The molecule has 1 amide bonds. The molecule has 2 aromatic carbocycles. The van der Waals surface area contributed by atoms with E-state index in [1.807, 2.05) is 87.5 Å². The molecule has 0 bridgehead atoms. The molecule has 3 heterocycles. The summed E-state index contributed by atoms with van der Waals surface area (Å²) in [6.07, 6.45) is 0.654. The van der Waals surface area contributed by atoms with Crippen LogP contribution in [0.5, 0.6) is 0 Å². The van der Waals surface area contributed by atoms with Crippen LogP contribution in [0.4, 0.5) is 11.4 Å². The van der Waals surface area contributed by atoms with Gasteiger partial charge in [-0.05, 0) is 51.1 Å². The molecule has 4 aromatic rings. The van der Waals surface area contributed by atoms with Gasteiger partial charge in [0.15, 0.2) is 10.8 Å². The van der Waals surface area contributed by atoms with E-state index in [-0.39, 0.29) is 22.8 Å². The van der Waals surface area contributed by atoms with Gasteiger partial charge < -0.3 is 4.74 Å². The molecule has 1 aliphatic heterocycles. The van der Waals surface area contributed by atoms with Gasteiger partial charge in [0.25, 0.3) is 5.56 Å². The predicted octanol–water partition coefficient (Wildman–Crippen LogP) is 5.12. The summed E-state index contributed by atoms with van der Waals surface area (Å²) >= 11 is 1.26. The van der Waals surface area contributed by atoms with Crippen molar-refractivity contribution in [2.24, 2.45) is 0 Å². The lowest BCUT2D eigenvalue weighted by molar-refractivity contribution is -0.115. The summed E-state index contributed by atoms with van der Waals surface area (Å²) in [4.78, 5) is 38.0. The largest absolute Gasteiger partial charge is 0.370 e. The first-order chi connectivity index (χ1) is 17.4. The molecule has 5 rings (SSSR count). The number of amides is 1. The van der Waals surface area contributed by atoms with E-state index in [9.17, 15) is 9.59 Å². The molecule has 0 saturated heterocycles. The van der Waals surface area contributed by atoms with Crippen LogP contribution in [0.1, 0.15) is 32.0 Å². The van der Waals surface area contributed by atoms with E-state index in [2.05, 4.69) is 0 Å². The SMILES string of the molecule is CCn1c(SCC(=O)N(c2ccccc2)c2ccccc2)nc2nc3c(cc2c1=O)COC(C)(C)C3. The zero-order valence-corrected chi connectivity index (χ0v) is 21.4. The Morgan fingerprint density at radius 3 is 2.31 bits per heavy atom. The van der Waals surface area contributed by atoms with E-state index in [4.69, 9.17) is 14.7 Å². The third-order valence-electron chi connectivity index (χ3n) is 6.21. The molecule has 0 spiro atoms. The number of fused-ring (bicyclic) bond motifs is 2. The third-order valence-corrected chi connectivity index (χ3v) is 7.17. The first kappa shape index (κ1) is 24.2. The second-order valence-electron chi connectivity index (χ2n) is 9.32. The smallest absolute Gasteiger partial charge is 0.263 e. The molecule has 1 aliphatic rings. The number of hydrogen-bond acceptors (Lipinski definition) is 6. The van der Waals surface area contributed by atoms with Gasteiger partial charge in [-0.1, -0.05) is 48.2 Å². The fourth-order valence-corrected chi connectivity index (χ4v) is 5.28. The van der Waals surface area contributed by atoms with Crippen molar-refractivity contribution in [2.75, 3.05) is 10.7 Å². The van der Waals surface area contributed by atoms with Crippen molar-refractivity contribution in [1.82, 2.24) is 14.5 Å². The highest BCUT2D eigenvalue weighted by atomic mass is 32.2. The van der Waals surface area contributed by atoms with Crippen LogP contribution in [0.15, 0.2) is 76.7 Å². The standard InChI is InChI=1S/C28H28N4O3S/c1-4-31-26(34)22-15-19-17-35-28(2,3)16-23(19)29-25(22)30-27(31)36-18-24(33)32(20-11-7-5-8-12-20)21-13-9-6-10-14-21/h5-15H,4,16-18H2,1-3H3. The number of pyridine rings is 1. The summed E-state index contributed by atoms with van der Waals surface area (Å²) in [5.41, 5.74) is 3.36. The van der Waals surface area contributed by atoms with Crippen LogP contribution in [0.3, 0.4) is 0 Å². The van der Waals surface area contributed by atoms with E-state index >= 15 is 0 Å². The van der Waals surface area contributed by atoms with Gasteiger partial charge in [-0.3, -0.25) is 19.1 Å². The summed E-state index contributed by atoms with van der Waals surface area (Å²) in [7, 11) is 0. The minimum Gasteiger partial charge on any atom is -0.370 e. The molecule has 0 saturated carbocycles. The molecule has 0 radical (unpaired) electrons. The van der Waals surface area contributed by atoms with Crippen molar-refractivity contribution < 1.29 is 9.53 Å². The number of thioether (sulfide) groups is 1. The summed E-state index contributed by atoms with van der Waals surface area (Å²) in [6, 6.07) is 21.0. The first-order valence-electron chi connectivity index (χ1n) is 12.0. The highest BCUT2D eigenvalue weighted by Gasteiger charge is 2.28. The second-order valence-corrected chi connectivity index (χ2v) is 10.3. The van der Waals surface area contributed by atoms with Crippen molar-refractivity contribution in [2.45, 2.75) is 51.1 Å². The zero-order valence-electron chi connectivity index (χ0n) is 20.6. The molecule has 0 fully saturated rings. The van der Waals surface area contributed by atoms with Crippen molar-refractivity contribution >= 4 is 40.1 Å². The number of anilines is 2. The maximum atomic E-state index is 13.5. The molecule has 0 N–H and O–H groups in total. The van der Waals surface area contributed by atoms with Crippen LogP contribution in [0.25, 0.3) is 11.0 Å². The number of carbonyl (C=O) groups is 1. The summed E-state index contributed by atoms with van der Waals surface area (Å²) in [6.45, 7) is 6.83. The quantitative estimate of drug-likeness (QED) is 0.270. The second kappa shape index (κ2) is 9.87. The Morgan fingerprint density at radius 2 is 1.69 bits per heavy atom. The molecule has 7 nitrogen and oxygen atoms in total. The van der Waals surface area contributed by atoms with Crippen LogP contribution >= 0.6 is 11.8 Å². The van der Waals surface area contributed by atoms with Crippen LogP contribution in [-0.2, 0) is 29.1 Å². The van der Waals surface area contributed by atoms with Gasteiger partial charge in [0.05, 0.1) is 29.0 Å². The number of benzene rings is 2. The van der Waals surface area contributed by atoms with Crippen molar-refractivity contribution in [3.05, 3.63) is 88.3 Å². The van der Waals surface area contributed by atoms with E-state index in [0.29, 0.717) is 35.8 Å². The molecule has 0 unspecified atom stereocenters. The number of nitrogens with zero attached hydrogens (tertiary/aromatic N) is 4. The third kappa shape index (κ3) is 4.79. The zero-order chi connectivity index (χ0) is 25.3. The normalized spacial score (nSPS) is 14.4. The van der Waals surface area contributed by atoms with Gasteiger partial charge in [-0.15, -0.1) is 0 Å². The first-order valence-corrected chi connectivity index (χ1v) is 13.0. The minimum absolute atomic E-state index is 0.105. The number of aromatic nitrogens is 3. The highest BCUT2D eigenvalue weighted by molar-refractivity contribution is 7.99. The van der Waals surface area contributed by atoms with E-state index in [1.165, 1.54) is 11.8 Å². The minimum atomic E-state index is -0.311. The molecule has 36 heavy (non-hydrogen) atoms. The average molecular weight is 501 g/mol. The van der Waals surface area contributed by atoms with E-state index < -0.39 is 0 Å². The summed E-state index contributed by atoms with van der Waals surface area (Å²) < 4.78 is 7.51. The Hall–Kier alpha value is -3.49. The molecule has 2 aromatic heterocycles. The van der Waals surface area contributed by atoms with Gasteiger partial charge in [0.1, 0.15) is 0 Å². The summed E-state index contributed by atoms with van der Waals surface area (Å²) in [5.74, 6) is 0.0137. The maximum Gasteiger partial charge on any atom is 0.263 e. The molecule has 0 atom stereocenters. The van der Waals surface area contributed by atoms with Crippen LogP contribution in [0.2, 0.25) is 0 Å². The lowest BCUT2D eigenvalue weighted by Crippen LogP contribution is -2.33. The van der Waals surface area contributed by atoms with Crippen LogP contribution in [-0.4, -0.2) is 31.8 Å². The van der Waals surface area contributed by atoms with Gasteiger partial charge >= 0.3 is 0 Å². The molecule has 184 valence electrons. The number of ether oxygens (including phenoxy) is 1. The fraction of sp³-hybridized carbons (Fsp3) is 0.286. The number of hydrogen-bond donors (Lipinski definition) is 0. The Morgan fingerprint density at radius 1 is 1.06 bits per heavy atom. The van der Waals surface area contributed by atoms with Crippen molar-refractivity contribution in [1.29, 1.82) is 0 Å². The van der Waals surface area contributed by atoms with Crippen LogP contribution in [0, 0.1) is 0 Å². The van der Waals surface area contributed by atoms with Crippen LogP contribution < -0.4 is 10.5 Å². The topological polar surface area (TPSA) is 77.3 Å². The maximum absolute atomic E-state index is 13.5. The highest BCUT2D eigenvalue weighted by Crippen LogP contribution is 2.30. The fourth-order valence-electron chi connectivity index (χ4n) is 4.38. The average Bonchev–Trinajstić information content (AvgIpc) is 2.87. The number of para-hydroxylation sites is 2. The lowest BCUT2D eigenvalue weighted by Gasteiger charge is -2.31. The number of carbonyl (C=O) groups excluding carboxylic acids is 1. The van der Waals surface area contributed by atoms with E-state index in [0.717, 1.165) is 22.6 Å². The Labute approximate surface area is 214 Å². The van der Waals surface area contributed by atoms with Gasteiger partial charge in [-0.2, -0.15) is 0 Å². The monoisotopic (exact) mass is 500 g/mol. The van der Waals surface area contributed by atoms with Crippen molar-refractivity contribution in [3.8, 4) is 0 Å². The van der Waals surface area contributed by atoms with Gasteiger partial charge in [-0.25, -0.2) is 9.97 Å². The molecule has 8 heteroatoms. The van der Waals surface area contributed by atoms with Crippen molar-refractivity contribution in [3.63, 3.8) is 0 Å². The Bertz CT molecular complexity index is 1430. The molecular formula is C28H28N4O3S. The Balaban J connectivity index is 1.48. The molecule has 0 aliphatic carbocycles. The predicted molar refractivity (Wildman–Crippen MR) is 143 cm³/mol. The van der Waals surface area contributed by atoms with E-state index in [1.54, 1.807) is 9.47 Å².